The molecule has 1 aromatic heterocycles. The van der Waals surface area contributed by atoms with Crippen LogP contribution in [0.15, 0.2) is 12.1 Å². The molecule has 1 N–H and O–H groups in total. The van der Waals surface area contributed by atoms with E-state index in [1.807, 2.05) is 17.9 Å². The van der Waals surface area contributed by atoms with Gasteiger partial charge in [0.15, 0.2) is 5.69 Å². The summed E-state index contributed by atoms with van der Waals surface area (Å²) in [7, 11) is 0. The van der Waals surface area contributed by atoms with E-state index < -0.39 is 0 Å². The predicted octanol–water partition coefficient (Wildman–Crippen LogP) is 1.08. The zero-order chi connectivity index (χ0) is 14.7. The smallest absolute Gasteiger partial charge is 0.274 e. The van der Waals surface area contributed by atoms with Crippen molar-refractivity contribution in [2.75, 3.05) is 44.6 Å². The molecule has 1 amide bonds. The van der Waals surface area contributed by atoms with Crippen molar-refractivity contribution in [3.63, 3.8) is 0 Å². The van der Waals surface area contributed by atoms with Gasteiger partial charge in [0, 0.05) is 39.3 Å². The van der Waals surface area contributed by atoms with Crippen LogP contribution in [0.1, 0.15) is 30.3 Å². The Labute approximate surface area is 125 Å². The number of nitrogens with one attached hydrogen (secondary N) is 1. The largest absolute Gasteiger partial charge is 0.369 e. The number of hydrogen-bond donors (Lipinski definition) is 1. The minimum absolute atomic E-state index is 0.00313. The third-order valence-corrected chi connectivity index (χ3v) is 4.11. The van der Waals surface area contributed by atoms with Gasteiger partial charge >= 0.3 is 0 Å². The highest BCUT2D eigenvalue weighted by Gasteiger charge is 2.28. The zero-order valence-corrected chi connectivity index (χ0v) is 12.6. The summed E-state index contributed by atoms with van der Waals surface area (Å²) in [6, 6.07) is 3.57. The second-order valence-corrected chi connectivity index (χ2v) is 5.87. The highest BCUT2D eigenvalue weighted by Crippen LogP contribution is 2.29. The van der Waals surface area contributed by atoms with Gasteiger partial charge in [-0.25, -0.2) is 0 Å². The number of anilines is 1. The lowest BCUT2D eigenvalue weighted by atomic mass is 10.2. The van der Waals surface area contributed by atoms with Crippen LogP contribution in [0.25, 0.3) is 0 Å². The summed E-state index contributed by atoms with van der Waals surface area (Å²) in [5.74, 6) is 1.62. The highest BCUT2D eigenvalue weighted by molar-refractivity contribution is 5.92. The van der Waals surface area contributed by atoms with Crippen molar-refractivity contribution in [3.8, 4) is 0 Å². The van der Waals surface area contributed by atoms with Gasteiger partial charge in [-0.15, -0.1) is 10.2 Å². The molecule has 1 aliphatic heterocycles. The first-order chi connectivity index (χ1) is 10.3. The van der Waals surface area contributed by atoms with Gasteiger partial charge in [0.05, 0.1) is 0 Å². The van der Waals surface area contributed by atoms with Crippen LogP contribution >= 0.6 is 0 Å². The first-order valence-electron chi connectivity index (χ1n) is 7.85. The van der Waals surface area contributed by atoms with E-state index in [1.54, 1.807) is 6.07 Å². The van der Waals surface area contributed by atoms with E-state index in [4.69, 9.17) is 0 Å². The summed E-state index contributed by atoms with van der Waals surface area (Å²) in [6.07, 6.45) is 2.76. The lowest BCUT2D eigenvalue weighted by Crippen LogP contribution is -2.49. The molecule has 0 unspecified atom stereocenters. The van der Waals surface area contributed by atoms with E-state index in [2.05, 4.69) is 20.4 Å². The third kappa shape index (κ3) is 3.69. The van der Waals surface area contributed by atoms with Gasteiger partial charge < -0.3 is 10.2 Å². The molecule has 1 saturated carbocycles. The van der Waals surface area contributed by atoms with E-state index in [0.29, 0.717) is 11.5 Å². The summed E-state index contributed by atoms with van der Waals surface area (Å²) in [6.45, 7) is 7.55. The molecule has 2 aliphatic rings. The lowest BCUT2D eigenvalue weighted by molar-refractivity contribution is 0.0625. The molecule has 21 heavy (non-hydrogen) atoms. The van der Waals surface area contributed by atoms with E-state index in [1.165, 1.54) is 19.4 Å². The summed E-state index contributed by atoms with van der Waals surface area (Å²) in [5.41, 5.74) is 0.437. The molecule has 1 saturated heterocycles. The SMILES string of the molecule is CCNc1ccc(C(=O)N2CCN(CC3CC3)CC2)nn1. The van der Waals surface area contributed by atoms with Crippen LogP contribution in [0.5, 0.6) is 0 Å². The Morgan fingerprint density at radius 3 is 2.57 bits per heavy atom. The molecule has 0 atom stereocenters. The number of hydrogen-bond acceptors (Lipinski definition) is 5. The second-order valence-electron chi connectivity index (χ2n) is 5.87. The molecule has 0 radical (unpaired) electrons. The van der Waals surface area contributed by atoms with Crippen molar-refractivity contribution in [2.45, 2.75) is 19.8 Å². The van der Waals surface area contributed by atoms with Crippen molar-refractivity contribution in [1.29, 1.82) is 0 Å². The maximum absolute atomic E-state index is 12.4. The first kappa shape index (κ1) is 14.3. The van der Waals surface area contributed by atoms with Crippen LogP contribution in [0.4, 0.5) is 5.82 Å². The molecule has 2 fully saturated rings. The molecule has 6 nitrogen and oxygen atoms in total. The average Bonchev–Trinajstić information content (AvgIpc) is 3.32. The molecule has 1 aliphatic carbocycles. The number of carbonyl (C=O) groups is 1. The van der Waals surface area contributed by atoms with E-state index in [-0.39, 0.29) is 5.91 Å². The highest BCUT2D eigenvalue weighted by atomic mass is 16.2. The Morgan fingerprint density at radius 2 is 2.00 bits per heavy atom. The fourth-order valence-corrected chi connectivity index (χ4v) is 2.68. The average molecular weight is 289 g/mol. The molecule has 0 aromatic carbocycles. The molecule has 1 aromatic rings. The van der Waals surface area contributed by atoms with Crippen LogP contribution in [-0.2, 0) is 0 Å². The van der Waals surface area contributed by atoms with Gasteiger partial charge in [0.1, 0.15) is 5.82 Å². The Bertz CT molecular complexity index is 477. The Morgan fingerprint density at radius 1 is 1.24 bits per heavy atom. The van der Waals surface area contributed by atoms with Gasteiger partial charge in [0.25, 0.3) is 5.91 Å². The zero-order valence-electron chi connectivity index (χ0n) is 12.6. The number of aromatic nitrogens is 2. The van der Waals surface area contributed by atoms with Crippen LogP contribution in [0, 0.1) is 5.92 Å². The molecule has 3 rings (SSSR count). The summed E-state index contributed by atoms with van der Waals surface area (Å²) in [4.78, 5) is 16.8. The molecular weight excluding hydrogens is 266 g/mol. The minimum Gasteiger partial charge on any atom is -0.369 e. The number of amides is 1. The Kier molecular flexibility index (Phi) is 4.34. The summed E-state index contributed by atoms with van der Waals surface area (Å²) < 4.78 is 0. The molecule has 114 valence electrons. The van der Waals surface area contributed by atoms with Crippen molar-refractivity contribution < 1.29 is 4.79 Å². The number of nitrogens with zero attached hydrogens (tertiary/aromatic N) is 4. The molecular formula is C15H23N5O. The second kappa shape index (κ2) is 6.39. The fraction of sp³-hybridized carbons (Fsp3) is 0.667. The van der Waals surface area contributed by atoms with Crippen molar-refractivity contribution in [3.05, 3.63) is 17.8 Å². The quantitative estimate of drug-likeness (QED) is 0.879. The number of piperazine rings is 1. The first-order valence-corrected chi connectivity index (χ1v) is 7.85. The van der Waals surface area contributed by atoms with Gasteiger partial charge in [0.2, 0.25) is 0 Å². The van der Waals surface area contributed by atoms with Crippen LogP contribution < -0.4 is 5.32 Å². The summed E-state index contributed by atoms with van der Waals surface area (Å²) >= 11 is 0. The minimum atomic E-state index is -0.00313. The third-order valence-electron chi connectivity index (χ3n) is 4.11. The van der Waals surface area contributed by atoms with Gasteiger partial charge in [-0.3, -0.25) is 9.69 Å². The van der Waals surface area contributed by atoms with Gasteiger partial charge in [-0.2, -0.15) is 0 Å². The maximum atomic E-state index is 12.4. The van der Waals surface area contributed by atoms with Crippen molar-refractivity contribution >= 4 is 11.7 Å². The predicted molar refractivity (Wildman–Crippen MR) is 81.3 cm³/mol. The number of carbonyl (C=O) groups excluding carboxylic acids is 1. The van der Waals surface area contributed by atoms with Crippen molar-refractivity contribution in [1.82, 2.24) is 20.0 Å². The maximum Gasteiger partial charge on any atom is 0.274 e. The normalized spacial score (nSPS) is 19.6. The molecule has 0 bridgehead atoms. The summed E-state index contributed by atoms with van der Waals surface area (Å²) in [5, 5.41) is 11.1. The standard InChI is InChI=1S/C15H23N5O/c1-2-16-14-6-5-13(17-18-14)15(21)20-9-7-19(8-10-20)11-12-3-4-12/h5-6,12H,2-4,7-11H2,1H3,(H,16,18). The van der Waals surface area contributed by atoms with Crippen molar-refractivity contribution in [2.24, 2.45) is 5.92 Å². The van der Waals surface area contributed by atoms with Crippen LogP contribution in [-0.4, -0.2) is 65.2 Å². The van der Waals surface area contributed by atoms with Crippen LogP contribution in [0.2, 0.25) is 0 Å². The monoisotopic (exact) mass is 289 g/mol. The molecule has 2 heterocycles. The Balaban J connectivity index is 1.52. The fourth-order valence-electron chi connectivity index (χ4n) is 2.68. The number of rotatable bonds is 5. The van der Waals surface area contributed by atoms with Crippen LogP contribution in [0.3, 0.4) is 0 Å². The van der Waals surface area contributed by atoms with Gasteiger partial charge in [-0.05, 0) is 37.8 Å². The van der Waals surface area contributed by atoms with E-state index in [0.717, 1.165) is 38.6 Å². The Hall–Kier alpha value is -1.69. The lowest BCUT2D eigenvalue weighted by Gasteiger charge is -2.34. The molecule has 6 heteroatoms. The molecule has 0 spiro atoms. The van der Waals surface area contributed by atoms with E-state index in [9.17, 15) is 4.79 Å². The van der Waals surface area contributed by atoms with Gasteiger partial charge in [-0.1, -0.05) is 0 Å². The topological polar surface area (TPSA) is 61.4 Å². The van der Waals surface area contributed by atoms with E-state index >= 15 is 0 Å².